The van der Waals surface area contributed by atoms with Gasteiger partial charge in [-0.2, -0.15) is 0 Å². The Morgan fingerprint density at radius 1 is 1.47 bits per heavy atom. The number of carbonyl (C=O) groups excluding carboxylic acids is 2. The van der Waals surface area contributed by atoms with Gasteiger partial charge in [0.2, 0.25) is 5.78 Å². The molecule has 1 heterocycles. The van der Waals surface area contributed by atoms with Crippen molar-refractivity contribution in [3.05, 3.63) is 23.2 Å². The zero-order valence-corrected chi connectivity index (χ0v) is 12.4. The molecule has 0 N–H and O–H groups in total. The van der Waals surface area contributed by atoms with E-state index in [4.69, 9.17) is 11.6 Å². The molecule has 0 amide bonds. The van der Waals surface area contributed by atoms with Crippen molar-refractivity contribution in [1.29, 1.82) is 0 Å². The third-order valence-corrected chi connectivity index (χ3v) is 4.57. The second-order valence-electron chi connectivity index (χ2n) is 3.52. The molecule has 4 nitrogen and oxygen atoms in total. The van der Waals surface area contributed by atoms with Crippen molar-refractivity contribution >= 4 is 56.7 Å². The van der Waals surface area contributed by atoms with Crippen molar-refractivity contribution in [2.24, 2.45) is 0 Å². The van der Waals surface area contributed by atoms with Crippen molar-refractivity contribution < 1.29 is 14.3 Å². The summed E-state index contributed by atoms with van der Waals surface area (Å²) in [7, 11) is 0. The molecule has 0 saturated heterocycles. The molecule has 0 aliphatic rings. The van der Waals surface area contributed by atoms with Crippen LogP contribution in [0.2, 0.25) is 5.02 Å². The third kappa shape index (κ3) is 3.68. The van der Waals surface area contributed by atoms with Gasteiger partial charge in [0, 0.05) is 5.02 Å². The SMILES string of the molecule is CCOC(=O)C(=O)CSc1nc2cc(Cl)ccc2s1. The van der Waals surface area contributed by atoms with Gasteiger partial charge in [-0.1, -0.05) is 23.4 Å². The van der Waals surface area contributed by atoms with Crippen molar-refractivity contribution in [2.75, 3.05) is 12.4 Å². The largest absolute Gasteiger partial charge is 0.460 e. The normalized spacial score (nSPS) is 10.6. The molecule has 0 atom stereocenters. The second-order valence-corrected chi connectivity index (χ2v) is 6.21. The van der Waals surface area contributed by atoms with Gasteiger partial charge in [0.05, 0.1) is 22.6 Å². The summed E-state index contributed by atoms with van der Waals surface area (Å²) in [5.74, 6) is -1.31. The van der Waals surface area contributed by atoms with Gasteiger partial charge in [-0.3, -0.25) is 4.79 Å². The van der Waals surface area contributed by atoms with E-state index >= 15 is 0 Å². The Hall–Kier alpha value is -1.11. The van der Waals surface area contributed by atoms with Crippen LogP contribution >= 0.6 is 34.7 Å². The van der Waals surface area contributed by atoms with Gasteiger partial charge in [-0.15, -0.1) is 11.3 Å². The number of hydrogen-bond acceptors (Lipinski definition) is 6. The Bertz CT molecular complexity index is 626. The number of nitrogens with zero attached hydrogens (tertiary/aromatic N) is 1. The van der Waals surface area contributed by atoms with Crippen LogP contribution in [0.15, 0.2) is 22.5 Å². The molecule has 0 saturated carbocycles. The van der Waals surface area contributed by atoms with E-state index < -0.39 is 11.8 Å². The van der Waals surface area contributed by atoms with Gasteiger partial charge in [0.25, 0.3) is 0 Å². The minimum atomic E-state index is -0.792. The first-order chi connectivity index (χ1) is 9.10. The van der Waals surface area contributed by atoms with Crippen LogP contribution in [0.4, 0.5) is 0 Å². The Balaban J connectivity index is 2.02. The quantitative estimate of drug-likeness (QED) is 0.482. The summed E-state index contributed by atoms with van der Waals surface area (Å²) in [5, 5.41) is 0.622. The third-order valence-electron chi connectivity index (χ3n) is 2.16. The maximum absolute atomic E-state index is 11.4. The van der Waals surface area contributed by atoms with E-state index in [0.29, 0.717) is 5.02 Å². The summed E-state index contributed by atoms with van der Waals surface area (Å²) >= 11 is 8.56. The monoisotopic (exact) mass is 315 g/mol. The first kappa shape index (κ1) is 14.3. The molecule has 0 bridgehead atoms. The first-order valence-electron chi connectivity index (χ1n) is 5.49. The smallest absolute Gasteiger partial charge is 0.375 e. The summed E-state index contributed by atoms with van der Waals surface area (Å²) in [6.07, 6.45) is 0. The predicted octanol–water partition coefficient (Wildman–Crippen LogP) is 3.17. The molecule has 0 aliphatic heterocycles. The number of esters is 1. The molecule has 0 unspecified atom stereocenters. The summed E-state index contributed by atoms with van der Waals surface area (Å²) in [4.78, 5) is 26.9. The van der Waals surface area contributed by atoms with Crippen LogP contribution in [0.3, 0.4) is 0 Å². The van der Waals surface area contributed by atoms with Crippen LogP contribution in [0, 0.1) is 0 Å². The van der Waals surface area contributed by atoms with Crippen LogP contribution < -0.4 is 0 Å². The fraction of sp³-hybridized carbons (Fsp3) is 0.250. The highest BCUT2D eigenvalue weighted by Crippen LogP contribution is 2.30. The van der Waals surface area contributed by atoms with E-state index in [2.05, 4.69) is 9.72 Å². The second kappa shape index (κ2) is 6.36. The average Bonchev–Trinajstić information content (AvgIpc) is 2.78. The molecule has 2 rings (SSSR count). The number of benzene rings is 1. The van der Waals surface area contributed by atoms with Crippen molar-refractivity contribution in [3.63, 3.8) is 0 Å². The highest BCUT2D eigenvalue weighted by Gasteiger charge is 2.16. The maximum atomic E-state index is 11.4. The molecule has 2 aromatic rings. The number of ether oxygens (including phenoxy) is 1. The number of ketones is 1. The first-order valence-corrected chi connectivity index (χ1v) is 7.67. The zero-order valence-electron chi connectivity index (χ0n) is 10.0. The molecule has 100 valence electrons. The van der Waals surface area contributed by atoms with E-state index in [9.17, 15) is 9.59 Å². The van der Waals surface area contributed by atoms with Gasteiger partial charge in [0.1, 0.15) is 0 Å². The number of aromatic nitrogens is 1. The number of Topliss-reactive ketones (excluding diaryl/α,β-unsaturated/α-hetero) is 1. The van der Waals surface area contributed by atoms with Crippen molar-refractivity contribution in [2.45, 2.75) is 11.3 Å². The molecular formula is C12H10ClNO3S2. The lowest BCUT2D eigenvalue weighted by Gasteiger charge is -1.98. The molecule has 0 fully saturated rings. The summed E-state index contributed by atoms with van der Waals surface area (Å²) in [5.41, 5.74) is 0.795. The van der Waals surface area contributed by atoms with E-state index in [1.165, 1.54) is 23.1 Å². The number of halogens is 1. The molecular weight excluding hydrogens is 306 g/mol. The fourth-order valence-electron chi connectivity index (χ4n) is 1.34. The van der Waals surface area contributed by atoms with E-state index in [1.807, 2.05) is 6.07 Å². The summed E-state index contributed by atoms with van der Waals surface area (Å²) in [6.45, 7) is 1.87. The molecule has 19 heavy (non-hydrogen) atoms. The van der Waals surface area contributed by atoms with Crippen LogP contribution in [-0.4, -0.2) is 29.1 Å². The minimum absolute atomic E-state index is 0.0341. The standard InChI is InChI=1S/C12H10ClNO3S2/c1-2-17-11(16)9(15)6-18-12-14-8-5-7(13)3-4-10(8)19-12/h3-5H,2,6H2,1H3. The Labute approximate surface area is 123 Å². The maximum Gasteiger partial charge on any atom is 0.375 e. The van der Waals surface area contributed by atoms with Crippen molar-refractivity contribution in [3.8, 4) is 0 Å². The van der Waals surface area contributed by atoms with Gasteiger partial charge >= 0.3 is 5.97 Å². The van der Waals surface area contributed by atoms with Crippen LogP contribution in [0.5, 0.6) is 0 Å². The van der Waals surface area contributed by atoms with Gasteiger partial charge < -0.3 is 4.74 Å². The van der Waals surface area contributed by atoms with Gasteiger partial charge in [-0.05, 0) is 25.1 Å². The Kier molecular flexibility index (Phi) is 4.79. The lowest BCUT2D eigenvalue weighted by molar-refractivity contribution is -0.152. The Morgan fingerprint density at radius 3 is 3.00 bits per heavy atom. The summed E-state index contributed by atoms with van der Waals surface area (Å²) < 4.78 is 6.36. The van der Waals surface area contributed by atoms with E-state index in [0.717, 1.165) is 14.6 Å². The Morgan fingerprint density at radius 2 is 2.26 bits per heavy atom. The zero-order chi connectivity index (χ0) is 13.8. The van der Waals surface area contributed by atoms with Crippen LogP contribution in [-0.2, 0) is 14.3 Å². The van der Waals surface area contributed by atoms with Crippen LogP contribution in [0.1, 0.15) is 6.92 Å². The lowest BCUT2D eigenvalue weighted by atomic mass is 10.3. The fourth-order valence-corrected chi connectivity index (χ4v) is 3.40. The highest BCUT2D eigenvalue weighted by molar-refractivity contribution is 8.01. The molecule has 0 aliphatic carbocycles. The number of thiazole rings is 1. The molecule has 0 radical (unpaired) electrons. The predicted molar refractivity (Wildman–Crippen MR) is 77.0 cm³/mol. The molecule has 7 heteroatoms. The van der Waals surface area contributed by atoms with Crippen LogP contribution in [0.25, 0.3) is 10.2 Å². The topological polar surface area (TPSA) is 56.3 Å². The lowest BCUT2D eigenvalue weighted by Crippen LogP contribution is -2.19. The van der Waals surface area contributed by atoms with Crippen molar-refractivity contribution in [1.82, 2.24) is 4.98 Å². The molecule has 1 aromatic heterocycles. The number of fused-ring (bicyclic) bond motifs is 1. The highest BCUT2D eigenvalue weighted by atomic mass is 35.5. The molecule has 1 aromatic carbocycles. The number of hydrogen-bond donors (Lipinski definition) is 0. The molecule has 0 spiro atoms. The number of rotatable bonds is 5. The minimum Gasteiger partial charge on any atom is -0.460 e. The van der Waals surface area contributed by atoms with E-state index in [-0.39, 0.29) is 12.4 Å². The number of thioether (sulfide) groups is 1. The van der Waals surface area contributed by atoms with E-state index in [1.54, 1.807) is 19.1 Å². The van der Waals surface area contributed by atoms with Gasteiger partial charge in [0.15, 0.2) is 4.34 Å². The summed E-state index contributed by atoms with van der Waals surface area (Å²) in [6, 6.07) is 5.44. The average molecular weight is 316 g/mol. The number of carbonyl (C=O) groups is 2. The van der Waals surface area contributed by atoms with Gasteiger partial charge in [-0.25, -0.2) is 9.78 Å².